The van der Waals surface area contributed by atoms with Crippen molar-refractivity contribution in [2.24, 2.45) is 5.73 Å². The van der Waals surface area contributed by atoms with Crippen LogP contribution < -0.4 is 11.1 Å². The number of thioether (sulfide) groups is 1. The van der Waals surface area contributed by atoms with Crippen molar-refractivity contribution in [3.63, 3.8) is 0 Å². The summed E-state index contributed by atoms with van der Waals surface area (Å²) in [4.78, 5) is 34.3. The van der Waals surface area contributed by atoms with Gasteiger partial charge in [0.15, 0.2) is 0 Å². The van der Waals surface area contributed by atoms with E-state index in [4.69, 9.17) is 10.8 Å². The molecule has 0 fully saturated rings. The summed E-state index contributed by atoms with van der Waals surface area (Å²) in [6.07, 6.45) is -0.243. The summed E-state index contributed by atoms with van der Waals surface area (Å²) in [7, 11) is 0. The number of aryl methyl sites for hydroxylation is 1. The van der Waals surface area contributed by atoms with Gasteiger partial charge in [-0.1, -0.05) is 17.7 Å². The maximum Gasteiger partial charge on any atom is 0.326 e. The molecule has 6 nitrogen and oxygen atoms in total. The lowest BCUT2D eigenvalue weighted by atomic mass is 10.2. The third-order valence-electron chi connectivity index (χ3n) is 2.66. The second-order valence-electron chi connectivity index (χ2n) is 4.54. The number of hydrogen-bond acceptors (Lipinski definition) is 4. The Morgan fingerprint density at radius 3 is 2.43 bits per heavy atom. The average Bonchev–Trinajstić information content (AvgIpc) is 2.39. The number of carboxylic acids is 1. The smallest absolute Gasteiger partial charge is 0.326 e. The molecule has 0 bridgehead atoms. The molecule has 0 aromatic heterocycles. The molecule has 7 heteroatoms. The van der Waals surface area contributed by atoms with Crippen LogP contribution in [0.3, 0.4) is 0 Å². The Labute approximate surface area is 127 Å². The maximum absolute atomic E-state index is 11.6. The maximum atomic E-state index is 11.6. The molecular weight excluding hydrogens is 292 g/mol. The van der Waals surface area contributed by atoms with E-state index >= 15 is 0 Å². The van der Waals surface area contributed by atoms with Gasteiger partial charge in [0.2, 0.25) is 11.8 Å². The molecule has 1 atom stereocenters. The van der Waals surface area contributed by atoms with Gasteiger partial charge in [-0.25, -0.2) is 4.79 Å². The van der Waals surface area contributed by atoms with Gasteiger partial charge >= 0.3 is 5.97 Å². The van der Waals surface area contributed by atoms with Crippen LogP contribution >= 0.6 is 11.8 Å². The van der Waals surface area contributed by atoms with Crippen LogP contribution in [-0.4, -0.2) is 34.7 Å². The molecule has 1 aromatic carbocycles. The van der Waals surface area contributed by atoms with E-state index in [1.807, 2.05) is 31.2 Å². The number of primary amides is 1. The fraction of sp³-hybridized carbons (Fsp3) is 0.357. The van der Waals surface area contributed by atoms with E-state index < -0.39 is 30.2 Å². The number of rotatable bonds is 8. The van der Waals surface area contributed by atoms with Gasteiger partial charge in [-0.3, -0.25) is 9.59 Å². The summed E-state index contributed by atoms with van der Waals surface area (Å²) >= 11 is 1.51. The Hall–Kier alpha value is -2.02. The largest absolute Gasteiger partial charge is 0.480 e. The lowest BCUT2D eigenvalue weighted by molar-refractivity contribution is -0.143. The van der Waals surface area contributed by atoms with Crippen LogP contribution in [0.5, 0.6) is 0 Å². The number of nitrogens with two attached hydrogens (primary N) is 1. The van der Waals surface area contributed by atoms with Gasteiger partial charge in [-0.05, 0) is 19.1 Å². The highest BCUT2D eigenvalue weighted by molar-refractivity contribution is 7.99. The molecule has 0 aliphatic heterocycles. The van der Waals surface area contributed by atoms with Crippen LogP contribution in [-0.2, 0) is 14.4 Å². The van der Waals surface area contributed by atoms with E-state index in [0.29, 0.717) is 5.75 Å². The number of carbonyl (C=O) groups excluding carboxylic acids is 2. The Bertz CT molecular complexity index is 516. The van der Waals surface area contributed by atoms with Crippen LogP contribution in [0.25, 0.3) is 0 Å². The highest BCUT2D eigenvalue weighted by atomic mass is 32.2. The van der Waals surface area contributed by atoms with E-state index in [1.54, 1.807) is 0 Å². The van der Waals surface area contributed by atoms with Crippen molar-refractivity contribution in [2.75, 3.05) is 5.75 Å². The topological polar surface area (TPSA) is 109 Å². The predicted molar refractivity (Wildman–Crippen MR) is 79.9 cm³/mol. The summed E-state index contributed by atoms with van der Waals surface area (Å²) in [5.74, 6) is -1.93. The molecule has 0 heterocycles. The van der Waals surface area contributed by atoms with Crippen molar-refractivity contribution in [3.05, 3.63) is 29.8 Å². The fourth-order valence-corrected chi connectivity index (χ4v) is 2.42. The molecule has 0 radical (unpaired) electrons. The average molecular weight is 310 g/mol. The van der Waals surface area contributed by atoms with Crippen molar-refractivity contribution < 1.29 is 19.5 Å². The zero-order valence-corrected chi connectivity index (χ0v) is 12.5. The Morgan fingerprint density at radius 1 is 1.29 bits per heavy atom. The lowest BCUT2D eigenvalue weighted by Crippen LogP contribution is -2.43. The van der Waals surface area contributed by atoms with Crippen LogP contribution in [0, 0.1) is 6.92 Å². The van der Waals surface area contributed by atoms with E-state index in [-0.39, 0.29) is 6.42 Å². The minimum absolute atomic E-state index is 0.168. The molecule has 4 N–H and O–H groups in total. The number of nitrogens with one attached hydrogen (secondary N) is 1. The van der Waals surface area contributed by atoms with E-state index in [1.165, 1.54) is 11.8 Å². The predicted octanol–water partition coefficient (Wildman–Crippen LogP) is 0.922. The van der Waals surface area contributed by atoms with Crippen LogP contribution in [0.4, 0.5) is 0 Å². The number of carboxylic acid groups (broad SMARTS) is 1. The molecule has 1 rings (SSSR count). The summed E-state index contributed by atoms with van der Waals surface area (Å²) in [5, 5.41) is 11.2. The van der Waals surface area contributed by atoms with Gasteiger partial charge < -0.3 is 16.2 Å². The summed E-state index contributed by atoms with van der Waals surface area (Å²) in [6, 6.07) is 6.63. The van der Waals surface area contributed by atoms with Gasteiger partial charge in [0.1, 0.15) is 6.04 Å². The highest BCUT2D eigenvalue weighted by Gasteiger charge is 2.21. The number of amides is 2. The van der Waals surface area contributed by atoms with Crippen LogP contribution in [0.2, 0.25) is 0 Å². The summed E-state index contributed by atoms with van der Waals surface area (Å²) in [5.41, 5.74) is 6.10. The molecule has 0 spiro atoms. The quantitative estimate of drug-likeness (QED) is 0.619. The Morgan fingerprint density at radius 2 is 1.90 bits per heavy atom. The Kier molecular flexibility index (Phi) is 6.74. The van der Waals surface area contributed by atoms with E-state index in [2.05, 4.69) is 5.32 Å². The van der Waals surface area contributed by atoms with Crippen molar-refractivity contribution in [1.82, 2.24) is 5.32 Å². The molecular formula is C14H18N2O4S. The third kappa shape index (κ3) is 6.80. The molecule has 114 valence electrons. The van der Waals surface area contributed by atoms with Gasteiger partial charge in [0.25, 0.3) is 0 Å². The number of aliphatic carboxylic acids is 1. The van der Waals surface area contributed by atoms with Gasteiger partial charge in [-0.2, -0.15) is 0 Å². The molecule has 1 aromatic rings. The molecule has 0 saturated heterocycles. The van der Waals surface area contributed by atoms with Crippen molar-refractivity contribution in [1.29, 1.82) is 0 Å². The SMILES string of the molecule is Cc1ccc(SCCC(=O)N[C@@H](CC(N)=O)C(=O)O)cc1. The zero-order chi connectivity index (χ0) is 15.8. The molecule has 0 saturated carbocycles. The van der Waals surface area contributed by atoms with Gasteiger partial charge in [0.05, 0.1) is 6.42 Å². The molecule has 2 amide bonds. The van der Waals surface area contributed by atoms with Crippen molar-refractivity contribution in [3.8, 4) is 0 Å². The highest BCUT2D eigenvalue weighted by Crippen LogP contribution is 2.18. The fourth-order valence-electron chi connectivity index (χ4n) is 1.56. The van der Waals surface area contributed by atoms with Crippen molar-refractivity contribution >= 4 is 29.5 Å². The number of benzene rings is 1. The molecule has 0 unspecified atom stereocenters. The second kappa shape index (κ2) is 8.31. The zero-order valence-electron chi connectivity index (χ0n) is 11.7. The third-order valence-corrected chi connectivity index (χ3v) is 3.67. The van der Waals surface area contributed by atoms with Gasteiger partial charge in [0, 0.05) is 17.1 Å². The molecule has 0 aliphatic rings. The number of carbonyl (C=O) groups is 3. The first-order valence-corrected chi connectivity index (χ1v) is 7.37. The number of hydrogen-bond donors (Lipinski definition) is 3. The van der Waals surface area contributed by atoms with Crippen LogP contribution in [0.15, 0.2) is 29.2 Å². The minimum Gasteiger partial charge on any atom is -0.480 e. The van der Waals surface area contributed by atoms with E-state index in [9.17, 15) is 14.4 Å². The normalized spacial score (nSPS) is 11.7. The van der Waals surface area contributed by atoms with Crippen LogP contribution in [0.1, 0.15) is 18.4 Å². The van der Waals surface area contributed by atoms with Crippen molar-refractivity contribution in [2.45, 2.75) is 30.7 Å². The van der Waals surface area contributed by atoms with E-state index in [0.717, 1.165) is 10.5 Å². The lowest BCUT2D eigenvalue weighted by Gasteiger charge is -2.12. The summed E-state index contributed by atoms with van der Waals surface area (Å²) < 4.78 is 0. The monoisotopic (exact) mass is 310 g/mol. The summed E-state index contributed by atoms with van der Waals surface area (Å²) in [6.45, 7) is 1.99. The first-order valence-electron chi connectivity index (χ1n) is 6.38. The first kappa shape index (κ1) is 17.0. The minimum atomic E-state index is -1.27. The molecule has 21 heavy (non-hydrogen) atoms. The van der Waals surface area contributed by atoms with Gasteiger partial charge in [-0.15, -0.1) is 11.8 Å². The first-order chi connectivity index (χ1) is 9.88. The molecule has 0 aliphatic carbocycles. The standard InChI is InChI=1S/C14H18N2O4S/c1-9-2-4-10(5-3-9)21-7-6-13(18)16-11(14(19)20)8-12(15)17/h2-5,11H,6-8H2,1H3,(H2,15,17)(H,16,18)(H,19,20)/t11-/m0/s1. The second-order valence-corrected chi connectivity index (χ2v) is 5.71. The Balaban J connectivity index is 2.37.